The van der Waals surface area contributed by atoms with Gasteiger partial charge < -0.3 is 10.6 Å². The van der Waals surface area contributed by atoms with Crippen molar-refractivity contribution in [1.82, 2.24) is 9.62 Å². The van der Waals surface area contributed by atoms with E-state index in [-0.39, 0.29) is 28.7 Å². The maximum Gasteiger partial charge on any atom is 0.262 e. The Morgan fingerprint density at radius 1 is 1.03 bits per heavy atom. The molecule has 0 radical (unpaired) electrons. The largest absolute Gasteiger partial charge is 0.339 e. The Labute approximate surface area is 176 Å². The molecule has 0 fully saturated rings. The molecule has 0 saturated carbocycles. The third-order valence-corrected chi connectivity index (χ3v) is 7.42. The number of anilines is 1. The smallest absolute Gasteiger partial charge is 0.262 e. The highest BCUT2D eigenvalue weighted by atomic mass is 32.2. The van der Waals surface area contributed by atoms with Crippen LogP contribution in [0.25, 0.3) is 0 Å². The lowest BCUT2D eigenvalue weighted by molar-refractivity contribution is -0.118. The third-order valence-electron chi connectivity index (χ3n) is 4.51. The molecule has 0 unspecified atom stereocenters. The summed E-state index contributed by atoms with van der Waals surface area (Å²) in [6, 6.07) is 8.57. The number of amides is 2. The molecule has 2 rings (SSSR count). The zero-order valence-electron chi connectivity index (χ0n) is 17.2. The molecule has 0 aliphatic heterocycles. The fourth-order valence-electron chi connectivity index (χ4n) is 2.53. The third kappa shape index (κ3) is 5.65. The van der Waals surface area contributed by atoms with Crippen LogP contribution in [0.4, 0.5) is 5.69 Å². The molecule has 1 aromatic heterocycles. The first-order chi connectivity index (χ1) is 13.5. The summed E-state index contributed by atoms with van der Waals surface area (Å²) in [4.78, 5) is 25.7. The minimum absolute atomic E-state index is 0.127. The van der Waals surface area contributed by atoms with Crippen molar-refractivity contribution in [2.45, 2.75) is 44.7 Å². The number of hydrogen-bond acceptors (Lipinski definition) is 5. The lowest BCUT2D eigenvalue weighted by Crippen LogP contribution is -2.46. The summed E-state index contributed by atoms with van der Waals surface area (Å²) in [5.41, 5.74) is 0.456. The summed E-state index contributed by atoms with van der Waals surface area (Å²) in [5, 5.41) is 7.30. The van der Waals surface area contributed by atoms with Gasteiger partial charge in [-0.05, 0) is 55.5 Å². The van der Waals surface area contributed by atoms with E-state index in [1.165, 1.54) is 47.0 Å². The van der Waals surface area contributed by atoms with Crippen LogP contribution in [0.15, 0.2) is 46.7 Å². The van der Waals surface area contributed by atoms with Crippen molar-refractivity contribution in [3.05, 3.63) is 46.7 Å². The maximum atomic E-state index is 12.7. The van der Waals surface area contributed by atoms with Crippen molar-refractivity contribution in [2.75, 3.05) is 12.4 Å². The quantitative estimate of drug-likeness (QED) is 0.663. The molecule has 0 bridgehead atoms. The fraction of sp³-hybridized carbons (Fsp3) is 0.400. The Morgan fingerprint density at radius 3 is 2.14 bits per heavy atom. The van der Waals surface area contributed by atoms with Gasteiger partial charge in [0.15, 0.2) is 0 Å². The van der Waals surface area contributed by atoms with Crippen LogP contribution in [0.2, 0.25) is 0 Å². The summed E-state index contributed by atoms with van der Waals surface area (Å²) >= 11 is 1.30. The number of nitrogens with zero attached hydrogens (tertiary/aromatic N) is 1. The molecule has 7 nitrogen and oxygen atoms in total. The highest BCUT2D eigenvalue weighted by molar-refractivity contribution is 7.89. The van der Waals surface area contributed by atoms with Crippen molar-refractivity contribution < 1.29 is 18.0 Å². The second-order valence-electron chi connectivity index (χ2n) is 7.30. The molecule has 1 atom stereocenters. The molecule has 1 heterocycles. The van der Waals surface area contributed by atoms with Gasteiger partial charge in [0.1, 0.15) is 6.04 Å². The van der Waals surface area contributed by atoms with E-state index in [0.717, 1.165) is 0 Å². The highest BCUT2D eigenvalue weighted by Gasteiger charge is 2.26. The summed E-state index contributed by atoms with van der Waals surface area (Å²) in [6.45, 7) is 7.28. The first-order valence-corrected chi connectivity index (χ1v) is 11.6. The molecular formula is C20H27N3O4S2. The number of hydrogen-bond donors (Lipinski definition) is 2. The number of thiophene rings is 1. The van der Waals surface area contributed by atoms with Crippen LogP contribution >= 0.6 is 11.3 Å². The van der Waals surface area contributed by atoms with Gasteiger partial charge in [-0.2, -0.15) is 4.31 Å². The van der Waals surface area contributed by atoms with E-state index in [9.17, 15) is 18.0 Å². The topological polar surface area (TPSA) is 95.6 Å². The van der Waals surface area contributed by atoms with Gasteiger partial charge in [-0.15, -0.1) is 11.3 Å². The molecule has 9 heteroatoms. The Balaban J connectivity index is 2.11. The van der Waals surface area contributed by atoms with Crippen LogP contribution in [-0.4, -0.2) is 43.7 Å². The van der Waals surface area contributed by atoms with Crippen molar-refractivity contribution in [3.8, 4) is 0 Å². The number of rotatable bonds is 8. The zero-order valence-corrected chi connectivity index (χ0v) is 18.8. The standard InChI is InChI=1S/C20H27N3O4S2/c1-13(2)18(22-19(24)17-7-6-12-28-17)20(25)21-15-8-10-16(11-9-15)29(26,27)23(5)14(3)4/h6-14,18H,1-5H3,(H,21,25)(H,22,24)/t18-/m1/s1. The first kappa shape index (κ1) is 23.1. The van der Waals surface area contributed by atoms with Gasteiger partial charge in [-0.25, -0.2) is 8.42 Å². The highest BCUT2D eigenvalue weighted by Crippen LogP contribution is 2.19. The molecule has 1 aromatic carbocycles. The van der Waals surface area contributed by atoms with Crippen LogP contribution in [0, 0.1) is 5.92 Å². The molecule has 0 aliphatic carbocycles. The van der Waals surface area contributed by atoms with Gasteiger partial charge in [0, 0.05) is 18.8 Å². The average Bonchev–Trinajstić information content (AvgIpc) is 3.20. The molecule has 2 aromatic rings. The number of carbonyl (C=O) groups is 2. The van der Waals surface area contributed by atoms with Gasteiger partial charge in [0.2, 0.25) is 15.9 Å². The fourth-order valence-corrected chi connectivity index (χ4v) is 4.52. The molecule has 158 valence electrons. The van der Waals surface area contributed by atoms with Gasteiger partial charge >= 0.3 is 0 Å². The van der Waals surface area contributed by atoms with E-state index in [4.69, 9.17) is 0 Å². The van der Waals surface area contributed by atoms with Gasteiger partial charge in [0.25, 0.3) is 5.91 Å². The first-order valence-electron chi connectivity index (χ1n) is 9.27. The van der Waals surface area contributed by atoms with Gasteiger partial charge in [0.05, 0.1) is 9.77 Å². The Morgan fingerprint density at radius 2 is 1.66 bits per heavy atom. The van der Waals surface area contributed by atoms with Crippen LogP contribution in [0.5, 0.6) is 0 Å². The SMILES string of the molecule is CC(C)[C@@H](NC(=O)c1cccs1)C(=O)Nc1ccc(S(=O)(=O)N(C)C(C)C)cc1. The lowest BCUT2D eigenvalue weighted by atomic mass is 10.0. The molecule has 0 saturated heterocycles. The number of carbonyl (C=O) groups excluding carboxylic acids is 2. The number of nitrogens with one attached hydrogen (secondary N) is 2. The van der Waals surface area contributed by atoms with Crippen LogP contribution in [0.3, 0.4) is 0 Å². The van der Waals surface area contributed by atoms with Gasteiger partial charge in [-0.3, -0.25) is 9.59 Å². The van der Waals surface area contributed by atoms with E-state index in [1.54, 1.807) is 31.4 Å². The Kier molecular flexibility index (Phi) is 7.56. The van der Waals surface area contributed by atoms with Crippen molar-refractivity contribution in [1.29, 1.82) is 0 Å². The summed E-state index contributed by atoms with van der Waals surface area (Å²) in [6.07, 6.45) is 0. The predicted molar refractivity (Wildman–Crippen MR) is 116 cm³/mol. The predicted octanol–water partition coefficient (Wildman–Crippen LogP) is 3.17. The Bertz CT molecular complexity index is 937. The van der Waals surface area contributed by atoms with Crippen molar-refractivity contribution in [3.63, 3.8) is 0 Å². The molecule has 0 spiro atoms. The lowest BCUT2D eigenvalue weighted by Gasteiger charge is -2.22. The second kappa shape index (κ2) is 9.51. The van der Waals surface area contributed by atoms with Crippen LogP contribution in [0.1, 0.15) is 37.4 Å². The zero-order chi connectivity index (χ0) is 21.8. The number of sulfonamides is 1. The van der Waals surface area contributed by atoms with Gasteiger partial charge in [-0.1, -0.05) is 19.9 Å². The summed E-state index contributed by atoms with van der Waals surface area (Å²) in [7, 11) is -2.06. The molecule has 2 N–H and O–H groups in total. The molecule has 0 aliphatic rings. The normalized spacial score (nSPS) is 13.0. The van der Waals surface area contributed by atoms with Crippen molar-refractivity contribution in [2.24, 2.45) is 5.92 Å². The second-order valence-corrected chi connectivity index (χ2v) is 10.2. The minimum Gasteiger partial charge on any atom is -0.339 e. The number of benzene rings is 1. The molecule has 29 heavy (non-hydrogen) atoms. The Hall–Kier alpha value is -2.23. The summed E-state index contributed by atoms with van der Waals surface area (Å²) in [5.74, 6) is -0.787. The van der Waals surface area contributed by atoms with E-state index in [0.29, 0.717) is 10.6 Å². The van der Waals surface area contributed by atoms with E-state index < -0.39 is 16.1 Å². The van der Waals surface area contributed by atoms with E-state index in [1.807, 2.05) is 13.8 Å². The molecule has 2 amide bonds. The van der Waals surface area contributed by atoms with E-state index >= 15 is 0 Å². The van der Waals surface area contributed by atoms with E-state index in [2.05, 4.69) is 10.6 Å². The monoisotopic (exact) mass is 437 g/mol. The maximum absolute atomic E-state index is 12.7. The minimum atomic E-state index is -3.59. The molecular weight excluding hydrogens is 410 g/mol. The van der Waals surface area contributed by atoms with Crippen LogP contribution < -0.4 is 10.6 Å². The van der Waals surface area contributed by atoms with Crippen molar-refractivity contribution >= 4 is 38.9 Å². The van der Waals surface area contributed by atoms with Crippen LogP contribution in [-0.2, 0) is 14.8 Å². The average molecular weight is 438 g/mol. The summed E-state index contributed by atoms with van der Waals surface area (Å²) < 4.78 is 26.3.